The number of nitrogens with one attached hydrogen (secondary N) is 1. The topological polar surface area (TPSA) is 76.5 Å². The Morgan fingerprint density at radius 1 is 1.30 bits per heavy atom. The molecule has 7 heteroatoms. The predicted octanol–water partition coefficient (Wildman–Crippen LogP) is 2.16. The number of carbonyl (C=O) groups excluding carboxylic acids is 2. The van der Waals surface area contributed by atoms with Crippen LogP contribution in [0.5, 0.6) is 0 Å². The van der Waals surface area contributed by atoms with Crippen molar-refractivity contribution >= 4 is 12.0 Å². The number of aromatic nitrogens is 2. The molecule has 1 N–H and O–H groups in total. The fourth-order valence-electron chi connectivity index (χ4n) is 2.39. The number of hydrogen-bond donors (Lipinski definition) is 1. The molecule has 1 aliphatic rings. The molecule has 0 saturated carbocycles. The molecule has 23 heavy (non-hydrogen) atoms. The van der Waals surface area contributed by atoms with Gasteiger partial charge in [-0.2, -0.15) is 5.10 Å². The van der Waals surface area contributed by atoms with Crippen molar-refractivity contribution in [2.24, 2.45) is 0 Å². The summed E-state index contributed by atoms with van der Waals surface area (Å²) >= 11 is 0. The Balaban J connectivity index is 2.12. The van der Waals surface area contributed by atoms with Crippen LogP contribution in [0.15, 0.2) is 6.07 Å². The molecule has 128 valence electrons. The molecule has 0 bridgehead atoms. The van der Waals surface area contributed by atoms with Crippen LogP contribution in [0.25, 0.3) is 0 Å². The number of fused-ring (bicyclic) bond motifs is 1. The minimum Gasteiger partial charge on any atom is -0.444 e. The lowest BCUT2D eigenvalue weighted by Crippen LogP contribution is -2.36. The fourth-order valence-corrected chi connectivity index (χ4v) is 2.39. The molecular weight excluding hydrogens is 296 g/mol. The summed E-state index contributed by atoms with van der Waals surface area (Å²) in [4.78, 5) is 26.0. The molecule has 0 aliphatic carbocycles. The first-order valence-electron chi connectivity index (χ1n) is 8.01. The van der Waals surface area contributed by atoms with Crippen LogP contribution in [0.4, 0.5) is 4.79 Å². The second-order valence-electron chi connectivity index (χ2n) is 7.13. The minimum atomic E-state index is -0.522. The van der Waals surface area contributed by atoms with Crippen molar-refractivity contribution in [3.05, 3.63) is 17.5 Å². The maximum absolute atomic E-state index is 12.3. The SMILES string of the molecule is CC(C)NC(=O)c1cc2n(n1)CCCN(C(=O)OC(C)(C)C)C2. The van der Waals surface area contributed by atoms with Gasteiger partial charge in [0, 0.05) is 19.1 Å². The van der Waals surface area contributed by atoms with Gasteiger partial charge in [0.1, 0.15) is 5.60 Å². The van der Waals surface area contributed by atoms with Crippen LogP contribution in [0.3, 0.4) is 0 Å². The van der Waals surface area contributed by atoms with Crippen LogP contribution in [-0.2, 0) is 17.8 Å². The zero-order valence-corrected chi connectivity index (χ0v) is 14.5. The molecule has 1 aromatic heterocycles. The van der Waals surface area contributed by atoms with E-state index in [0.29, 0.717) is 25.3 Å². The van der Waals surface area contributed by atoms with Crippen molar-refractivity contribution in [3.8, 4) is 0 Å². The largest absolute Gasteiger partial charge is 0.444 e. The third-order valence-electron chi connectivity index (χ3n) is 3.32. The van der Waals surface area contributed by atoms with Gasteiger partial charge in [0.15, 0.2) is 5.69 Å². The van der Waals surface area contributed by atoms with E-state index in [1.807, 2.05) is 34.6 Å². The maximum atomic E-state index is 12.3. The highest BCUT2D eigenvalue weighted by atomic mass is 16.6. The number of rotatable bonds is 2. The number of aryl methyl sites for hydroxylation is 1. The van der Waals surface area contributed by atoms with Gasteiger partial charge in [-0.3, -0.25) is 9.48 Å². The van der Waals surface area contributed by atoms with Gasteiger partial charge in [-0.15, -0.1) is 0 Å². The first-order valence-corrected chi connectivity index (χ1v) is 8.01. The Labute approximate surface area is 137 Å². The molecular formula is C16H26N4O3. The molecule has 0 saturated heterocycles. The Morgan fingerprint density at radius 2 is 2.00 bits per heavy atom. The van der Waals surface area contributed by atoms with Gasteiger partial charge < -0.3 is 15.0 Å². The van der Waals surface area contributed by atoms with E-state index in [9.17, 15) is 9.59 Å². The number of amides is 2. The highest BCUT2D eigenvalue weighted by Crippen LogP contribution is 2.17. The van der Waals surface area contributed by atoms with E-state index in [2.05, 4.69) is 10.4 Å². The molecule has 2 amide bonds. The predicted molar refractivity (Wildman–Crippen MR) is 86.1 cm³/mol. The highest BCUT2D eigenvalue weighted by Gasteiger charge is 2.26. The van der Waals surface area contributed by atoms with Crippen molar-refractivity contribution in [2.75, 3.05) is 6.54 Å². The third kappa shape index (κ3) is 4.71. The summed E-state index contributed by atoms with van der Waals surface area (Å²) in [5, 5.41) is 7.19. The molecule has 1 aliphatic heterocycles. The average molecular weight is 322 g/mol. The molecule has 1 aromatic rings. The Kier molecular flexibility index (Phi) is 4.97. The number of carbonyl (C=O) groups is 2. The fraction of sp³-hybridized carbons (Fsp3) is 0.688. The van der Waals surface area contributed by atoms with Gasteiger partial charge in [-0.05, 0) is 47.1 Å². The Morgan fingerprint density at radius 3 is 2.61 bits per heavy atom. The second-order valence-corrected chi connectivity index (χ2v) is 7.13. The van der Waals surface area contributed by atoms with Crippen molar-refractivity contribution in [1.82, 2.24) is 20.0 Å². The zero-order chi connectivity index (χ0) is 17.2. The zero-order valence-electron chi connectivity index (χ0n) is 14.5. The highest BCUT2D eigenvalue weighted by molar-refractivity contribution is 5.92. The summed E-state index contributed by atoms with van der Waals surface area (Å²) in [7, 11) is 0. The standard InChI is InChI=1S/C16H26N4O3/c1-11(2)17-14(21)13-9-12-10-19(7-6-8-20(12)18-13)15(22)23-16(3,4)5/h9,11H,6-8,10H2,1-5H3,(H,17,21). The normalized spacial score (nSPS) is 15.1. The van der Waals surface area contributed by atoms with Crippen molar-refractivity contribution in [1.29, 1.82) is 0 Å². The monoisotopic (exact) mass is 322 g/mol. The quantitative estimate of drug-likeness (QED) is 0.905. The lowest BCUT2D eigenvalue weighted by atomic mass is 10.2. The second kappa shape index (κ2) is 6.60. The molecule has 2 rings (SSSR count). The number of ether oxygens (including phenoxy) is 1. The summed E-state index contributed by atoms with van der Waals surface area (Å²) in [6, 6.07) is 1.81. The van der Waals surface area contributed by atoms with E-state index in [0.717, 1.165) is 12.1 Å². The van der Waals surface area contributed by atoms with Crippen LogP contribution in [-0.4, -0.2) is 44.9 Å². The van der Waals surface area contributed by atoms with Gasteiger partial charge >= 0.3 is 6.09 Å². The maximum Gasteiger partial charge on any atom is 0.410 e. The first kappa shape index (κ1) is 17.3. The smallest absolute Gasteiger partial charge is 0.410 e. The summed E-state index contributed by atoms with van der Waals surface area (Å²) in [5.41, 5.74) is 0.716. The van der Waals surface area contributed by atoms with Gasteiger partial charge in [-0.1, -0.05) is 0 Å². The van der Waals surface area contributed by atoms with Crippen LogP contribution < -0.4 is 5.32 Å². The van der Waals surface area contributed by atoms with E-state index in [1.165, 1.54) is 0 Å². The molecule has 0 atom stereocenters. The lowest BCUT2D eigenvalue weighted by Gasteiger charge is -2.26. The summed E-state index contributed by atoms with van der Waals surface area (Å²) < 4.78 is 7.24. The molecule has 2 heterocycles. The van der Waals surface area contributed by atoms with Crippen molar-refractivity contribution in [2.45, 2.75) is 65.8 Å². The van der Waals surface area contributed by atoms with Gasteiger partial charge in [0.2, 0.25) is 0 Å². The van der Waals surface area contributed by atoms with Gasteiger partial charge in [0.05, 0.1) is 12.2 Å². The number of nitrogens with zero attached hydrogens (tertiary/aromatic N) is 3. The molecule has 7 nitrogen and oxygen atoms in total. The Hall–Kier alpha value is -2.05. The van der Waals surface area contributed by atoms with E-state index < -0.39 is 5.60 Å². The van der Waals surface area contributed by atoms with Gasteiger partial charge in [0.25, 0.3) is 5.91 Å². The lowest BCUT2D eigenvalue weighted by molar-refractivity contribution is 0.0236. The van der Waals surface area contributed by atoms with Gasteiger partial charge in [-0.25, -0.2) is 4.79 Å². The Bertz CT molecular complexity index is 587. The van der Waals surface area contributed by atoms with Crippen molar-refractivity contribution in [3.63, 3.8) is 0 Å². The van der Waals surface area contributed by atoms with E-state index in [-0.39, 0.29) is 18.0 Å². The van der Waals surface area contributed by atoms with Crippen LogP contribution in [0, 0.1) is 0 Å². The minimum absolute atomic E-state index is 0.0577. The van der Waals surface area contributed by atoms with E-state index >= 15 is 0 Å². The van der Waals surface area contributed by atoms with Crippen LogP contribution in [0.1, 0.15) is 57.2 Å². The van der Waals surface area contributed by atoms with Crippen LogP contribution >= 0.6 is 0 Å². The molecule has 0 radical (unpaired) electrons. The number of hydrogen-bond acceptors (Lipinski definition) is 4. The first-order chi connectivity index (χ1) is 10.7. The molecule has 0 spiro atoms. The summed E-state index contributed by atoms with van der Waals surface area (Å²) in [6.45, 7) is 11.1. The molecule has 0 fully saturated rings. The van der Waals surface area contributed by atoms with Crippen molar-refractivity contribution < 1.29 is 14.3 Å². The van der Waals surface area contributed by atoms with Crippen LogP contribution in [0.2, 0.25) is 0 Å². The van der Waals surface area contributed by atoms with E-state index in [4.69, 9.17) is 4.74 Å². The molecule has 0 unspecified atom stereocenters. The third-order valence-corrected chi connectivity index (χ3v) is 3.32. The average Bonchev–Trinajstić information content (AvgIpc) is 2.68. The summed E-state index contributed by atoms with van der Waals surface area (Å²) in [5.74, 6) is -0.190. The summed E-state index contributed by atoms with van der Waals surface area (Å²) in [6.07, 6.45) is 0.444. The molecule has 0 aromatic carbocycles. The van der Waals surface area contributed by atoms with E-state index in [1.54, 1.807) is 15.6 Å².